The normalized spacial score (nSPS) is 15.3. The Balaban J connectivity index is 2.92. The Bertz CT molecular complexity index is 470. The van der Waals surface area contributed by atoms with E-state index < -0.39 is 23.5 Å². The number of carbonyl (C=O) groups excluding carboxylic acids is 2. The van der Waals surface area contributed by atoms with Crippen molar-refractivity contribution in [2.75, 3.05) is 0 Å². The van der Waals surface area contributed by atoms with Crippen LogP contribution in [-0.2, 0) is 9.53 Å². The van der Waals surface area contributed by atoms with Gasteiger partial charge in [0.1, 0.15) is 0 Å². The van der Waals surface area contributed by atoms with Crippen molar-refractivity contribution in [3.8, 4) is 0 Å². The van der Waals surface area contributed by atoms with Gasteiger partial charge in [-0.15, -0.1) is 0 Å². The van der Waals surface area contributed by atoms with E-state index in [2.05, 4.69) is 5.32 Å². The molecule has 1 aromatic rings. The van der Waals surface area contributed by atoms with Crippen molar-refractivity contribution in [2.45, 2.75) is 45.4 Å². The summed E-state index contributed by atoms with van der Waals surface area (Å²) >= 11 is 0. The Morgan fingerprint density at radius 1 is 1.20 bits per heavy atom. The first kappa shape index (κ1) is 16.2. The van der Waals surface area contributed by atoms with E-state index in [-0.39, 0.29) is 6.10 Å². The maximum atomic E-state index is 12.1. The Kier molecular flexibility index (Phi) is 5.27. The van der Waals surface area contributed by atoms with Crippen LogP contribution in [0.5, 0.6) is 0 Å². The molecule has 2 N–H and O–H groups in total. The molecule has 0 fully saturated rings. The molecule has 110 valence electrons. The van der Waals surface area contributed by atoms with Crippen molar-refractivity contribution in [2.24, 2.45) is 0 Å². The van der Waals surface area contributed by atoms with Gasteiger partial charge in [0.25, 0.3) is 5.91 Å². The third kappa shape index (κ3) is 3.81. The summed E-state index contributed by atoms with van der Waals surface area (Å²) in [6.45, 7) is 6.30. The fourth-order valence-electron chi connectivity index (χ4n) is 1.56. The average molecular weight is 279 g/mol. The number of ether oxygens (including phenoxy) is 1. The van der Waals surface area contributed by atoms with Gasteiger partial charge in [0, 0.05) is 5.56 Å². The molecular formula is C15H21NO4. The lowest BCUT2D eigenvalue weighted by Gasteiger charge is -2.32. The third-order valence-corrected chi connectivity index (χ3v) is 3.01. The number of amides is 1. The summed E-state index contributed by atoms with van der Waals surface area (Å²) in [6.07, 6.45) is -1.41. The van der Waals surface area contributed by atoms with Crippen molar-refractivity contribution in [3.63, 3.8) is 0 Å². The largest absolute Gasteiger partial charge is 0.461 e. The number of hydrogen-bond donors (Lipinski definition) is 2. The molecule has 1 aromatic carbocycles. The van der Waals surface area contributed by atoms with E-state index in [0.717, 1.165) is 0 Å². The molecule has 0 aliphatic heterocycles. The molecule has 1 rings (SSSR count). The third-order valence-electron chi connectivity index (χ3n) is 3.01. The zero-order valence-corrected chi connectivity index (χ0v) is 12.2. The van der Waals surface area contributed by atoms with Crippen molar-refractivity contribution in [1.82, 2.24) is 5.32 Å². The molecule has 0 aliphatic rings. The fraction of sp³-hybridized carbons (Fsp3) is 0.467. The minimum Gasteiger partial charge on any atom is -0.461 e. The van der Waals surface area contributed by atoms with Gasteiger partial charge in [-0.2, -0.15) is 0 Å². The van der Waals surface area contributed by atoms with Crippen LogP contribution < -0.4 is 5.32 Å². The van der Waals surface area contributed by atoms with Crippen molar-refractivity contribution in [3.05, 3.63) is 35.9 Å². The second-order valence-electron chi connectivity index (χ2n) is 5.15. The molecular weight excluding hydrogens is 258 g/mol. The summed E-state index contributed by atoms with van der Waals surface area (Å²) in [5.41, 5.74) is -1.08. The van der Waals surface area contributed by atoms with Crippen molar-refractivity contribution >= 4 is 11.9 Å². The molecule has 0 spiro atoms. The van der Waals surface area contributed by atoms with Crippen molar-refractivity contribution in [1.29, 1.82) is 0 Å². The molecule has 0 radical (unpaired) electrons. The number of hydrogen-bond acceptors (Lipinski definition) is 4. The van der Waals surface area contributed by atoms with Gasteiger partial charge in [0.05, 0.1) is 12.2 Å². The van der Waals surface area contributed by atoms with Crippen LogP contribution in [0.15, 0.2) is 30.3 Å². The van der Waals surface area contributed by atoms with E-state index in [0.29, 0.717) is 5.56 Å². The second-order valence-corrected chi connectivity index (χ2v) is 5.15. The molecule has 20 heavy (non-hydrogen) atoms. The highest BCUT2D eigenvalue weighted by atomic mass is 16.5. The predicted octanol–water partition coefficient (Wildman–Crippen LogP) is 1.51. The number of aliphatic hydroxyl groups is 1. The van der Waals surface area contributed by atoms with Crippen LogP contribution in [0, 0.1) is 0 Å². The van der Waals surface area contributed by atoms with Gasteiger partial charge < -0.3 is 15.2 Å². The van der Waals surface area contributed by atoms with E-state index >= 15 is 0 Å². The topological polar surface area (TPSA) is 75.6 Å². The van der Waals surface area contributed by atoms with Crippen LogP contribution in [0.2, 0.25) is 0 Å². The van der Waals surface area contributed by atoms with Crippen molar-refractivity contribution < 1.29 is 19.4 Å². The zero-order chi connectivity index (χ0) is 15.3. The molecule has 0 heterocycles. The molecule has 1 amide bonds. The Morgan fingerprint density at radius 2 is 1.75 bits per heavy atom. The van der Waals surface area contributed by atoms with E-state index in [1.54, 1.807) is 44.2 Å². The summed E-state index contributed by atoms with van der Waals surface area (Å²) in [6, 6.07) is 8.50. The smallest absolute Gasteiger partial charge is 0.334 e. The lowest BCUT2D eigenvalue weighted by molar-refractivity contribution is -0.158. The highest BCUT2D eigenvalue weighted by Crippen LogP contribution is 2.15. The van der Waals surface area contributed by atoms with E-state index in [9.17, 15) is 14.7 Å². The van der Waals surface area contributed by atoms with Crippen LogP contribution in [0.25, 0.3) is 0 Å². The fourth-order valence-corrected chi connectivity index (χ4v) is 1.56. The minimum absolute atomic E-state index is 0.325. The highest BCUT2D eigenvalue weighted by Gasteiger charge is 2.42. The standard InChI is InChI=1S/C15H21NO4/c1-10(2)20-14(19)15(4,11(3)17)16-13(18)12-8-6-5-7-9-12/h5-11,17H,1-4H3,(H,16,18)/t11-,15-/m1/s1. The molecule has 2 atom stereocenters. The first-order chi connectivity index (χ1) is 9.27. The SMILES string of the molecule is CC(C)OC(=O)[C@](C)(NC(=O)c1ccccc1)[C@@H](C)O. The van der Waals surface area contributed by atoms with Gasteiger partial charge in [-0.1, -0.05) is 18.2 Å². The maximum Gasteiger partial charge on any atom is 0.334 e. The molecule has 0 bridgehead atoms. The second kappa shape index (κ2) is 6.52. The Hall–Kier alpha value is -1.88. The summed E-state index contributed by atoms with van der Waals surface area (Å²) in [7, 11) is 0. The van der Waals surface area contributed by atoms with E-state index in [4.69, 9.17) is 4.74 Å². The molecule has 0 saturated heterocycles. The Morgan fingerprint density at radius 3 is 2.20 bits per heavy atom. The summed E-state index contributed by atoms with van der Waals surface area (Å²) in [5.74, 6) is -1.10. The number of rotatable bonds is 5. The van der Waals surface area contributed by atoms with Crippen LogP contribution in [0.1, 0.15) is 38.1 Å². The lowest BCUT2D eigenvalue weighted by Crippen LogP contribution is -2.60. The van der Waals surface area contributed by atoms with Crippen LogP contribution in [-0.4, -0.2) is 34.7 Å². The summed E-state index contributed by atoms with van der Waals surface area (Å²) in [5, 5.41) is 12.4. The number of nitrogens with one attached hydrogen (secondary N) is 1. The maximum absolute atomic E-state index is 12.1. The Labute approximate surface area is 118 Å². The van der Waals surface area contributed by atoms with E-state index in [1.807, 2.05) is 0 Å². The van der Waals surface area contributed by atoms with Crippen LogP contribution >= 0.6 is 0 Å². The summed E-state index contributed by atoms with van der Waals surface area (Å²) < 4.78 is 5.10. The monoisotopic (exact) mass is 279 g/mol. The molecule has 5 nitrogen and oxygen atoms in total. The van der Waals surface area contributed by atoms with Gasteiger partial charge >= 0.3 is 5.97 Å². The number of aliphatic hydroxyl groups excluding tert-OH is 1. The first-order valence-corrected chi connectivity index (χ1v) is 6.54. The summed E-state index contributed by atoms with van der Waals surface area (Å²) in [4.78, 5) is 24.2. The zero-order valence-electron chi connectivity index (χ0n) is 12.2. The molecule has 5 heteroatoms. The number of benzene rings is 1. The van der Waals surface area contributed by atoms with Gasteiger partial charge in [-0.3, -0.25) is 4.79 Å². The lowest BCUT2D eigenvalue weighted by atomic mass is 9.95. The molecule has 0 unspecified atom stereocenters. The van der Waals surface area contributed by atoms with Crippen LogP contribution in [0.3, 0.4) is 0 Å². The highest BCUT2D eigenvalue weighted by molar-refractivity contribution is 5.98. The minimum atomic E-state index is -1.49. The molecule has 0 saturated carbocycles. The van der Waals surface area contributed by atoms with E-state index in [1.165, 1.54) is 13.8 Å². The number of carbonyl (C=O) groups is 2. The quantitative estimate of drug-likeness (QED) is 0.801. The first-order valence-electron chi connectivity index (χ1n) is 6.54. The molecule has 0 aliphatic carbocycles. The van der Waals surface area contributed by atoms with Gasteiger partial charge in [-0.05, 0) is 39.8 Å². The molecule has 0 aromatic heterocycles. The average Bonchev–Trinajstić information content (AvgIpc) is 2.38. The number of esters is 1. The van der Waals surface area contributed by atoms with Crippen LogP contribution in [0.4, 0.5) is 0 Å². The van der Waals surface area contributed by atoms with Gasteiger partial charge in [0.15, 0.2) is 5.54 Å². The van der Waals surface area contributed by atoms with Gasteiger partial charge in [0.2, 0.25) is 0 Å². The predicted molar refractivity (Wildman–Crippen MR) is 75.2 cm³/mol. The van der Waals surface area contributed by atoms with Gasteiger partial charge in [-0.25, -0.2) is 4.79 Å².